The van der Waals surface area contributed by atoms with Crippen LogP contribution in [0.4, 0.5) is 23.2 Å². The van der Waals surface area contributed by atoms with Crippen LogP contribution in [-0.4, -0.2) is 20.4 Å². The fraction of sp³-hybridized carbons (Fsp3) is 0.188. The van der Waals surface area contributed by atoms with E-state index in [4.69, 9.17) is 0 Å². The molecule has 0 aliphatic carbocycles. The number of rotatable bonds is 5. The highest BCUT2D eigenvalue weighted by Crippen LogP contribution is 2.29. The first-order valence-electron chi connectivity index (χ1n) is 7.25. The highest BCUT2D eigenvalue weighted by Gasteiger charge is 2.30. The lowest BCUT2D eigenvalue weighted by atomic mass is 10.2. The van der Waals surface area contributed by atoms with E-state index in [9.17, 15) is 30.8 Å². The van der Waals surface area contributed by atoms with Crippen molar-refractivity contribution in [2.75, 3.05) is 5.32 Å². The molecule has 0 saturated heterocycles. The Morgan fingerprint density at radius 1 is 1.00 bits per heavy atom. The molecule has 2 aromatic rings. The number of amides is 1. The Kier molecular flexibility index (Phi) is 5.67. The molecule has 1 atom stereocenters. The van der Waals surface area contributed by atoms with Crippen LogP contribution in [0.15, 0.2) is 53.4 Å². The van der Waals surface area contributed by atoms with Crippen molar-refractivity contribution in [1.82, 2.24) is 4.72 Å². The van der Waals surface area contributed by atoms with Crippen LogP contribution < -0.4 is 10.0 Å². The summed E-state index contributed by atoms with van der Waals surface area (Å²) >= 11 is 0. The molecular formula is C16H14F4N2O3S. The van der Waals surface area contributed by atoms with Gasteiger partial charge in [0, 0.05) is 5.69 Å². The summed E-state index contributed by atoms with van der Waals surface area (Å²) < 4.78 is 76.7. The number of nitrogens with one attached hydrogen (secondary N) is 2. The number of benzene rings is 2. The lowest BCUT2D eigenvalue weighted by Gasteiger charge is -2.15. The van der Waals surface area contributed by atoms with Gasteiger partial charge in [0.15, 0.2) is 0 Å². The Morgan fingerprint density at radius 2 is 1.54 bits per heavy atom. The van der Waals surface area contributed by atoms with E-state index < -0.39 is 39.5 Å². The molecule has 2 aromatic carbocycles. The molecule has 2 rings (SSSR count). The van der Waals surface area contributed by atoms with E-state index in [0.717, 1.165) is 48.5 Å². The summed E-state index contributed by atoms with van der Waals surface area (Å²) in [7, 11) is -4.07. The Morgan fingerprint density at radius 3 is 2.04 bits per heavy atom. The average molecular weight is 390 g/mol. The number of sulfonamides is 1. The molecule has 140 valence electrons. The van der Waals surface area contributed by atoms with Gasteiger partial charge >= 0.3 is 6.18 Å². The van der Waals surface area contributed by atoms with Crippen LogP contribution in [0, 0.1) is 5.82 Å². The lowest BCUT2D eigenvalue weighted by Crippen LogP contribution is -2.41. The zero-order chi connectivity index (χ0) is 19.5. The summed E-state index contributed by atoms with van der Waals surface area (Å²) in [6, 6.07) is 6.49. The van der Waals surface area contributed by atoms with Crippen molar-refractivity contribution in [1.29, 1.82) is 0 Å². The fourth-order valence-corrected chi connectivity index (χ4v) is 3.16. The number of halogens is 4. The molecule has 10 heteroatoms. The number of carbonyl (C=O) groups excluding carboxylic acids is 1. The van der Waals surface area contributed by atoms with Crippen molar-refractivity contribution in [2.24, 2.45) is 0 Å². The molecule has 0 heterocycles. The summed E-state index contributed by atoms with van der Waals surface area (Å²) in [5, 5.41) is 2.31. The molecule has 5 nitrogen and oxygen atoms in total. The first kappa shape index (κ1) is 19.9. The van der Waals surface area contributed by atoms with Crippen molar-refractivity contribution in [3.63, 3.8) is 0 Å². The third-order valence-corrected chi connectivity index (χ3v) is 4.89. The van der Waals surface area contributed by atoms with Gasteiger partial charge in [0.25, 0.3) is 0 Å². The van der Waals surface area contributed by atoms with Crippen molar-refractivity contribution in [3.8, 4) is 0 Å². The maximum absolute atomic E-state index is 12.9. The molecule has 0 bridgehead atoms. The standard InChI is InChI=1S/C16H14F4N2O3S/c1-10(22-26(24,25)14-8-4-12(17)5-9-14)15(23)21-13-6-2-11(3-7-13)16(18,19)20/h2-10,22H,1H3,(H,21,23)/t10-/m0/s1. The topological polar surface area (TPSA) is 75.3 Å². The van der Waals surface area contributed by atoms with Crippen LogP contribution in [0.5, 0.6) is 0 Å². The first-order chi connectivity index (χ1) is 12.0. The summed E-state index contributed by atoms with van der Waals surface area (Å²) in [6.45, 7) is 1.26. The molecule has 0 aromatic heterocycles. The van der Waals surface area contributed by atoms with Crippen LogP contribution in [0.1, 0.15) is 12.5 Å². The zero-order valence-corrected chi connectivity index (χ0v) is 14.2. The normalized spacial score (nSPS) is 13.3. The molecule has 0 aliphatic heterocycles. The molecule has 0 aliphatic rings. The van der Waals surface area contributed by atoms with E-state index in [1.807, 2.05) is 0 Å². The minimum absolute atomic E-state index is 0.0795. The van der Waals surface area contributed by atoms with Crippen molar-refractivity contribution < 1.29 is 30.8 Å². The van der Waals surface area contributed by atoms with Crippen LogP contribution in [0.3, 0.4) is 0 Å². The molecule has 2 N–H and O–H groups in total. The Balaban J connectivity index is 2.04. The van der Waals surface area contributed by atoms with E-state index in [1.165, 1.54) is 6.92 Å². The van der Waals surface area contributed by atoms with Crippen LogP contribution in [-0.2, 0) is 21.0 Å². The maximum atomic E-state index is 12.9. The van der Waals surface area contributed by atoms with E-state index in [0.29, 0.717) is 0 Å². The van der Waals surface area contributed by atoms with Gasteiger partial charge in [-0.25, -0.2) is 12.8 Å². The average Bonchev–Trinajstić information content (AvgIpc) is 2.54. The maximum Gasteiger partial charge on any atom is 0.416 e. The molecule has 0 fully saturated rings. The highest BCUT2D eigenvalue weighted by atomic mass is 32.2. The monoisotopic (exact) mass is 390 g/mol. The Labute approximate surface area is 147 Å². The van der Waals surface area contributed by atoms with E-state index in [-0.39, 0.29) is 10.6 Å². The molecule has 0 saturated carbocycles. The third-order valence-electron chi connectivity index (χ3n) is 3.33. The van der Waals surface area contributed by atoms with E-state index in [2.05, 4.69) is 10.0 Å². The van der Waals surface area contributed by atoms with Gasteiger partial charge in [0.2, 0.25) is 15.9 Å². The number of anilines is 1. The number of hydrogen-bond donors (Lipinski definition) is 2. The van der Waals surface area contributed by atoms with Gasteiger partial charge in [-0.2, -0.15) is 17.9 Å². The Hall–Kier alpha value is -2.46. The van der Waals surface area contributed by atoms with Crippen LogP contribution >= 0.6 is 0 Å². The summed E-state index contributed by atoms with van der Waals surface area (Å²) in [5.41, 5.74) is -0.795. The smallest absolute Gasteiger partial charge is 0.325 e. The number of hydrogen-bond acceptors (Lipinski definition) is 3. The molecule has 0 unspecified atom stereocenters. The van der Waals surface area contributed by atoms with Gasteiger partial charge in [0.05, 0.1) is 16.5 Å². The number of alkyl halides is 3. The summed E-state index contributed by atoms with van der Waals surface area (Å²) in [4.78, 5) is 11.8. The molecule has 1 amide bonds. The lowest BCUT2D eigenvalue weighted by molar-refractivity contribution is -0.137. The van der Waals surface area contributed by atoms with Crippen molar-refractivity contribution in [3.05, 3.63) is 59.9 Å². The first-order valence-corrected chi connectivity index (χ1v) is 8.73. The van der Waals surface area contributed by atoms with Gasteiger partial charge < -0.3 is 5.32 Å². The van der Waals surface area contributed by atoms with Gasteiger partial charge in [0.1, 0.15) is 5.82 Å². The minimum atomic E-state index is -4.50. The minimum Gasteiger partial charge on any atom is -0.325 e. The van der Waals surface area contributed by atoms with Crippen molar-refractivity contribution in [2.45, 2.75) is 24.0 Å². The second kappa shape index (κ2) is 7.42. The quantitative estimate of drug-likeness (QED) is 0.771. The van der Waals surface area contributed by atoms with E-state index >= 15 is 0 Å². The second-order valence-corrected chi connectivity index (χ2v) is 7.08. The van der Waals surface area contributed by atoms with Crippen LogP contribution in [0.25, 0.3) is 0 Å². The molecule has 0 spiro atoms. The van der Waals surface area contributed by atoms with Gasteiger partial charge in [-0.3, -0.25) is 4.79 Å². The number of carbonyl (C=O) groups is 1. The fourth-order valence-electron chi connectivity index (χ4n) is 1.96. The van der Waals surface area contributed by atoms with Gasteiger partial charge in [-0.05, 0) is 55.5 Å². The predicted octanol–water partition coefficient (Wildman–Crippen LogP) is 3.15. The molecular weight excluding hydrogens is 376 g/mol. The predicted molar refractivity (Wildman–Crippen MR) is 86.3 cm³/mol. The summed E-state index contributed by atoms with van der Waals surface area (Å²) in [5.74, 6) is -1.38. The second-order valence-electron chi connectivity index (χ2n) is 5.36. The van der Waals surface area contributed by atoms with Gasteiger partial charge in [-0.15, -0.1) is 0 Å². The molecule has 0 radical (unpaired) electrons. The highest BCUT2D eigenvalue weighted by molar-refractivity contribution is 7.89. The molecule has 26 heavy (non-hydrogen) atoms. The van der Waals surface area contributed by atoms with E-state index in [1.54, 1.807) is 0 Å². The third kappa shape index (κ3) is 5.02. The SMILES string of the molecule is C[C@H](NS(=O)(=O)c1ccc(F)cc1)C(=O)Nc1ccc(C(F)(F)F)cc1. The summed E-state index contributed by atoms with van der Waals surface area (Å²) in [6.07, 6.45) is -4.50. The van der Waals surface area contributed by atoms with Crippen molar-refractivity contribution >= 4 is 21.6 Å². The Bertz CT molecular complexity index is 879. The largest absolute Gasteiger partial charge is 0.416 e. The van der Waals surface area contributed by atoms with Crippen LogP contribution in [0.2, 0.25) is 0 Å². The zero-order valence-electron chi connectivity index (χ0n) is 13.3. The van der Waals surface area contributed by atoms with Gasteiger partial charge in [-0.1, -0.05) is 0 Å².